The highest BCUT2D eigenvalue weighted by Gasteiger charge is 2.18. The van der Waals surface area contributed by atoms with Gasteiger partial charge in [0.05, 0.1) is 6.61 Å². The van der Waals surface area contributed by atoms with Crippen molar-refractivity contribution in [2.75, 3.05) is 11.9 Å². The van der Waals surface area contributed by atoms with Crippen molar-refractivity contribution in [1.29, 1.82) is 0 Å². The molecule has 2 heterocycles. The van der Waals surface area contributed by atoms with E-state index in [0.29, 0.717) is 24.1 Å². The molecule has 4 aromatic rings. The van der Waals surface area contributed by atoms with Gasteiger partial charge in [-0.2, -0.15) is 0 Å². The van der Waals surface area contributed by atoms with Gasteiger partial charge >= 0.3 is 0 Å². The van der Waals surface area contributed by atoms with E-state index in [1.165, 1.54) is 0 Å². The predicted octanol–water partition coefficient (Wildman–Crippen LogP) is 4.68. The number of benzene rings is 2. The largest absolute Gasteiger partial charge is 0.494 e. The first-order chi connectivity index (χ1) is 14.7. The Morgan fingerprint density at radius 1 is 1.10 bits per heavy atom. The van der Waals surface area contributed by atoms with Gasteiger partial charge in [0.1, 0.15) is 18.0 Å². The van der Waals surface area contributed by atoms with Gasteiger partial charge in [0.15, 0.2) is 0 Å². The van der Waals surface area contributed by atoms with Gasteiger partial charge in [-0.1, -0.05) is 25.1 Å². The number of aromatic nitrogens is 3. The zero-order valence-electron chi connectivity index (χ0n) is 17.1. The number of ether oxygens (including phenoxy) is 1. The van der Waals surface area contributed by atoms with Crippen LogP contribution in [0.2, 0.25) is 0 Å². The molecule has 0 spiro atoms. The molecule has 2 aromatic heterocycles. The van der Waals surface area contributed by atoms with E-state index in [0.717, 1.165) is 35.2 Å². The molecule has 30 heavy (non-hydrogen) atoms. The number of fused-ring (bicyclic) bond motifs is 1. The highest BCUT2D eigenvalue weighted by molar-refractivity contribution is 5.93. The lowest BCUT2D eigenvalue weighted by Gasteiger charge is -2.10. The molecule has 4 rings (SSSR count). The van der Waals surface area contributed by atoms with E-state index in [1.807, 2.05) is 66.1 Å². The Labute approximate surface area is 174 Å². The number of carbonyl (C=O) groups excluding carboxylic acids is 1. The lowest BCUT2D eigenvalue weighted by Crippen LogP contribution is -2.19. The first-order valence-corrected chi connectivity index (χ1v) is 10.1. The van der Waals surface area contributed by atoms with Crippen LogP contribution in [0.1, 0.15) is 26.2 Å². The molecule has 2 aromatic carbocycles. The molecular weight excluding hydrogens is 380 g/mol. The summed E-state index contributed by atoms with van der Waals surface area (Å²) in [6.45, 7) is 4.72. The van der Waals surface area contributed by atoms with E-state index in [2.05, 4.69) is 22.4 Å². The summed E-state index contributed by atoms with van der Waals surface area (Å²) < 4.78 is 13.2. The maximum atomic E-state index is 12.8. The second-order valence-corrected chi connectivity index (χ2v) is 6.93. The fourth-order valence-corrected chi connectivity index (χ4v) is 3.38. The summed E-state index contributed by atoms with van der Waals surface area (Å²) in [5.74, 6) is 1.65. The number of hydrogen-bond donors (Lipinski definition) is 1. The maximum absolute atomic E-state index is 12.8. The molecule has 0 radical (unpaired) electrons. The molecule has 0 aliphatic rings. The topological polar surface area (TPSA) is 82.2 Å². The number of para-hydroxylation sites is 1. The fourth-order valence-electron chi connectivity index (χ4n) is 3.38. The molecule has 0 fully saturated rings. The van der Waals surface area contributed by atoms with E-state index in [1.54, 1.807) is 0 Å². The minimum atomic E-state index is -0.143. The van der Waals surface area contributed by atoms with Crippen molar-refractivity contribution in [2.45, 2.75) is 33.2 Å². The van der Waals surface area contributed by atoms with Crippen LogP contribution in [0.5, 0.6) is 5.75 Å². The van der Waals surface area contributed by atoms with Crippen LogP contribution in [0.4, 0.5) is 5.69 Å². The molecule has 0 saturated carbocycles. The Balaban J connectivity index is 1.60. The van der Waals surface area contributed by atoms with Crippen molar-refractivity contribution in [2.24, 2.45) is 0 Å². The standard InChI is InChI=1S/C23H24N4O3/c1-3-7-22-25-26-23(30-22)20-14-16-8-5-6-9-19(16)27(20)15-21(28)24-17-10-12-18(13-11-17)29-4-2/h5-6,8-14H,3-4,7,15H2,1-2H3,(H,24,28). The summed E-state index contributed by atoms with van der Waals surface area (Å²) in [6.07, 6.45) is 1.65. The van der Waals surface area contributed by atoms with Crippen LogP contribution < -0.4 is 10.1 Å². The summed E-state index contributed by atoms with van der Waals surface area (Å²) >= 11 is 0. The molecule has 0 bridgehead atoms. The highest BCUT2D eigenvalue weighted by atomic mass is 16.5. The first-order valence-electron chi connectivity index (χ1n) is 10.1. The number of amides is 1. The van der Waals surface area contributed by atoms with Crippen LogP contribution in [0, 0.1) is 0 Å². The predicted molar refractivity (Wildman–Crippen MR) is 115 cm³/mol. The molecule has 7 nitrogen and oxygen atoms in total. The number of aryl methyl sites for hydroxylation is 1. The van der Waals surface area contributed by atoms with Gasteiger partial charge in [0.2, 0.25) is 11.8 Å². The van der Waals surface area contributed by atoms with Crippen LogP contribution in [-0.4, -0.2) is 27.3 Å². The van der Waals surface area contributed by atoms with Crippen LogP contribution in [0.15, 0.2) is 59.0 Å². The Hall–Kier alpha value is -3.61. The van der Waals surface area contributed by atoms with Crippen molar-refractivity contribution in [1.82, 2.24) is 14.8 Å². The Bertz CT molecular complexity index is 1140. The van der Waals surface area contributed by atoms with E-state index < -0.39 is 0 Å². The zero-order chi connectivity index (χ0) is 20.9. The van der Waals surface area contributed by atoms with E-state index in [9.17, 15) is 4.79 Å². The molecular formula is C23H24N4O3. The van der Waals surface area contributed by atoms with Crippen molar-refractivity contribution >= 4 is 22.5 Å². The first kappa shape index (κ1) is 19.7. The minimum Gasteiger partial charge on any atom is -0.494 e. The molecule has 0 unspecified atom stereocenters. The fraction of sp³-hybridized carbons (Fsp3) is 0.261. The normalized spacial score (nSPS) is 11.0. The molecule has 0 atom stereocenters. The average Bonchev–Trinajstić information content (AvgIpc) is 3.35. The summed E-state index contributed by atoms with van der Waals surface area (Å²) in [4.78, 5) is 12.8. The van der Waals surface area contributed by atoms with E-state index in [-0.39, 0.29) is 12.5 Å². The third kappa shape index (κ3) is 4.20. The van der Waals surface area contributed by atoms with Gasteiger partial charge in [-0.15, -0.1) is 10.2 Å². The minimum absolute atomic E-state index is 0.127. The van der Waals surface area contributed by atoms with Gasteiger partial charge < -0.3 is 19.0 Å². The number of rotatable bonds is 8. The Morgan fingerprint density at radius 3 is 2.67 bits per heavy atom. The molecule has 0 saturated heterocycles. The van der Waals surface area contributed by atoms with Crippen LogP contribution in [0.3, 0.4) is 0 Å². The van der Waals surface area contributed by atoms with Gasteiger partial charge in [-0.05, 0) is 49.7 Å². The number of anilines is 1. The summed E-state index contributed by atoms with van der Waals surface area (Å²) in [5.41, 5.74) is 2.38. The van der Waals surface area contributed by atoms with Crippen LogP contribution in [0.25, 0.3) is 22.5 Å². The number of nitrogens with zero attached hydrogens (tertiary/aromatic N) is 3. The summed E-state index contributed by atoms with van der Waals surface area (Å²) in [7, 11) is 0. The molecule has 0 aliphatic carbocycles. The Kier molecular flexibility index (Phi) is 5.79. The number of nitrogens with one attached hydrogen (secondary N) is 1. The summed E-state index contributed by atoms with van der Waals surface area (Å²) in [5, 5.41) is 12.3. The third-order valence-corrected chi connectivity index (χ3v) is 4.71. The second-order valence-electron chi connectivity index (χ2n) is 6.93. The number of carbonyl (C=O) groups is 1. The van der Waals surface area contributed by atoms with Gasteiger partial charge in [-0.3, -0.25) is 4.79 Å². The van der Waals surface area contributed by atoms with Crippen molar-refractivity contribution in [3.63, 3.8) is 0 Å². The molecule has 1 amide bonds. The molecule has 7 heteroatoms. The average molecular weight is 404 g/mol. The maximum Gasteiger partial charge on any atom is 0.264 e. The van der Waals surface area contributed by atoms with Crippen molar-refractivity contribution in [3.8, 4) is 17.3 Å². The van der Waals surface area contributed by atoms with E-state index >= 15 is 0 Å². The molecule has 154 valence electrons. The van der Waals surface area contributed by atoms with E-state index in [4.69, 9.17) is 9.15 Å². The highest BCUT2D eigenvalue weighted by Crippen LogP contribution is 2.28. The van der Waals surface area contributed by atoms with Gasteiger partial charge in [-0.25, -0.2) is 0 Å². The van der Waals surface area contributed by atoms with Crippen molar-refractivity contribution in [3.05, 3.63) is 60.5 Å². The van der Waals surface area contributed by atoms with Crippen molar-refractivity contribution < 1.29 is 13.9 Å². The second kappa shape index (κ2) is 8.82. The van der Waals surface area contributed by atoms with Crippen LogP contribution >= 0.6 is 0 Å². The zero-order valence-corrected chi connectivity index (χ0v) is 17.1. The van der Waals surface area contributed by atoms with Gasteiger partial charge in [0, 0.05) is 23.0 Å². The molecule has 1 N–H and O–H groups in total. The smallest absolute Gasteiger partial charge is 0.264 e. The SMILES string of the molecule is CCCc1nnc(-c2cc3ccccc3n2CC(=O)Nc2ccc(OCC)cc2)o1. The summed E-state index contributed by atoms with van der Waals surface area (Å²) in [6, 6.07) is 17.2. The number of hydrogen-bond acceptors (Lipinski definition) is 5. The van der Waals surface area contributed by atoms with Gasteiger partial charge in [0.25, 0.3) is 5.89 Å². The lowest BCUT2D eigenvalue weighted by atomic mass is 10.2. The quantitative estimate of drug-likeness (QED) is 0.461. The monoisotopic (exact) mass is 404 g/mol. The lowest BCUT2D eigenvalue weighted by molar-refractivity contribution is -0.116. The molecule has 0 aliphatic heterocycles. The van der Waals surface area contributed by atoms with Crippen LogP contribution in [-0.2, 0) is 17.8 Å². The Morgan fingerprint density at radius 2 is 1.90 bits per heavy atom. The third-order valence-electron chi connectivity index (χ3n) is 4.71.